The highest BCUT2D eigenvalue weighted by molar-refractivity contribution is 8.23. The third-order valence-electron chi connectivity index (χ3n) is 4.81. The topological polar surface area (TPSA) is 35.9 Å². The molecule has 29 heavy (non-hydrogen) atoms. The second kappa shape index (κ2) is 9.59. The largest absolute Gasteiger partial charge is 0.356 e. The molecule has 1 aromatic heterocycles. The van der Waals surface area contributed by atoms with E-state index in [1.165, 1.54) is 23.9 Å². The number of carbonyl (C=O) groups excluding carboxylic acids is 1. The monoisotopic (exact) mass is 465 g/mol. The van der Waals surface area contributed by atoms with Gasteiger partial charge in [-0.2, -0.15) is 16.9 Å². The van der Waals surface area contributed by atoms with E-state index in [1.54, 1.807) is 28.5 Å². The first-order valence-electron chi connectivity index (χ1n) is 9.30. The van der Waals surface area contributed by atoms with Crippen LogP contribution >= 0.6 is 47.1 Å². The third-order valence-corrected chi connectivity index (χ3v) is 8.18. The Balaban J connectivity index is 1.48. The number of benzene rings is 1. The van der Waals surface area contributed by atoms with E-state index in [-0.39, 0.29) is 23.5 Å². The highest BCUT2D eigenvalue weighted by atomic mass is 32.2. The number of hydrazone groups is 1. The number of carbonyl (C=O) groups is 1. The molecule has 2 aliphatic rings. The van der Waals surface area contributed by atoms with Crippen molar-refractivity contribution in [2.75, 3.05) is 30.3 Å². The molecule has 2 aromatic rings. The Kier molecular flexibility index (Phi) is 6.89. The fraction of sp³-hybridized carbons (Fsp3) is 0.350. The van der Waals surface area contributed by atoms with E-state index in [4.69, 9.17) is 12.2 Å². The number of halogens is 1. The van der Waals surface area contributed by atoms with Gasteiger partial charge in [-0.05, 0) is 29.1 Å². The van der Waals surface area contributed by atoms with Gasteiger partial charge in [-0.25, -0.2) is 9.40 Å². The van der Waals surface area contributed by atoms with E-state index in [9.17, 15) is 9.18 Å². The van der Waals surface area contributed by atoms with Crippen LogP contribution in [0.15, 0.2) is 46.9 Å². The summed E-state index contributed by atoms with van der Waals surface area (Å²) in [4.78, 5) is 16.3. The molecule has 1 amide bonds. The van der Waals surface area contributed by atoms with Crippen molar-refractivity contribution in [1.82, 2.24) is 9.91 Å². The van der Waals surface area contributed by atoms with Gasteiger partial charge in [0, 0.05) is 31.0 Å². The van der Waals surface area contributed by atoms with Crippen molar-refractivity contribution in [3.8, 4) is 0 Å². The third kappa shape index (κ3) is 5.02. The van der Waals surface area contributed by atoms with Crippen LogP contribution in [0.4, 0.5) is 4.39 Å². The number of thioether (sulfide) groups is 2. The molecule has 0 N–H and O–H groups in total. The second-order valence-corrected chi connectivity index (χ2v) is 10.5. The number of hydrogen-bond acceptors (Lipinski definition) is 6. The summed E-state index contributed by atoms with van der Waals surface area (Å²) in [6, 6.07) is 10.1. The first-order valence-corrected chi connectivity index (χ1v) is 12.7. The summed E-state index contributed by atoms with van der Waals surface area (Å²) >= 11 is 10.5. The Morgan fingerprint density at radius 2 is 2.00 bits per heavy atom. The Bertz CT molecular complexity index is 895. The molecule has 9 heteroatoms. The lowest BCUT2D eigenvalue weighted by molar-refractivity contribution is -0.130. The molecule has 2 aliphatic heterocycles. The van der Waals surface area contributed by atoms with E-state index < -0.39 is 0 Å². The first kappa shape index (κ1) is 20.8. The molecule has 0 spiro atoms. The molecular formula is C20H20FN3OS4. The number of amides is 1. The van der Waals surface area contributed by atoms with E-state index in [0.717, 1.165) is 45.1 Å². The molecule has 1 aromatic carbocycles. The van der Waals surface area contributed by atoms with E-state index in [2.05, 4.69) is 10.0 Å². The van der Waals surface area contributed by atoms with Crippen LogP contribution in [0.25, 0.3) is 0 Å². The zero-order valence-corrected chi connectivity index (χ0v) is 18.9. The summed E-state index contributed by atoms with van der Waals surface area (Å²) < 4.78 is 14.2. The van der Waals surface area contributed by atoms with Gasteiger partial charge < -0.3 is 4.90 Å². The maximum Gasteiger partial charge on any atom is 0.253 e. The Labute approximate surface area is 187 Å². The molecule has 152 valence electrons. The lowest BCUT2D eigenvalue weighted by atomic mass is 10.0. The van der Waals surface area contributed by atoms with Gasteiger partial charge in [0.25, 0.3) is 5.91 Å². The maximum absolute atomic E-state index is 13.4. The fourth-order valence-corrected chi connectivity index (χ4v) is 6.03. The summed E-state index contributed by atoms with van der Waals surface area (Å²) in [6.07, 6.45) is 0.621. The second-order valence-electron chi connectivity index (χ2n) is 6.69. The lowest BCUT2D eigenvalue weighted by Crippen LogP contribution is -2.36. The molecule has 0 aliphatic carbocycles. The molecule has 0 saturated carbocycles. The summed E-state index contributed by atoms with van der Waals surface area (Å²) in [7, 11) is 0. The van der Waals surface area contributed by atoms with Crippen molar-refractivity contribution in [1.29, 1.82) is 0 Å². The predicted molar refractivity (Wildman–Crippen MR) is 125 cm³/mol. The molecular weight excluding hydrogens is 446 g/mol. The average molecular weight is 466 g/mol. The molecule has 3 heterocycles. The predicted octanol–water partition coefficient (Wildman–Crippen LogP) is 4.63. The van der Waals surface area contributed by atoms with Crippen LogP contribution in [0.2, 0.25) is 0 Å². The normalized spacial score (nSPS) is 19.3. The van der Waals surface area contributed by atoms with Gasteiger partial charge in [0.2, 0.25) is 0 Å². The fourth-order valence-electron chi connectivity index (χ4n) is 3.30. The van der Waals surface area contributed by atoms with Gasteiger partial charge in [0.1, 0.15) is 10.1 Å². The van der Waals surface area contributed by atoms with Crippen LogP contribution in [0.1, 0.15) is 22.9 Å². The van der Waals surface area contributed by atoms with Crippen molar-refractivity contribution < 1.29 is 9.18 Å². The maximum atomic E-state index is 13.4. The van der Waals surface area contributed by atoms with E-state index >= 15 is 0 Å². The van der Waals surface area contributed by atoms with Gasteiger partial charge in [0.05, 0.1) is 22.4 Å². The summed E-state index contributed by atoms with van der Waals surface area (Å²) in [6.45, 7) is 1.88. The number of thiophene rings is 1. The number of thiocarbonyl (C=S) groups is 1. The van der Waals surface area contributed by atoms with Crippen LogP contribution in [0.5, 0.6) is 0 Å². The van der Waals surface area contributed by atoms with Gasteiger partial charge in [-0.15, -0.1) is 11.3 Å². The number of hydrogen-bond donors (Lipinski definition) is 0. The Morgan fingerprint density at radius 1 is 1.24 bits per heavy atom. The van der Waals surface area contributed by atoms with Crippen molar-refractivity contribution in [3.05, 3.63) is 58.0 Å². The van der Waals surface area contributed by atoms with Gasteiger partial charge in [-0.1, -0.05) is 42.2 Å². The minimum Gasteiger partial charge on any atom is -0.356 e. The minimum atomic E-state index is -0.287. The summed E-state index contributed by atoms with van der Waals surface area (Å²) in [5, 5.41) is 8.20. The first-order chi connectivity index (χ1) is 14.1. The summed E-state index contributed by atoms with van der Waals surface area (Å²) in [5.74, 6) is 2.03. The molecule has 0 radical (unpaired) electrons. The van der Waals surface area contributed by atoms with Crippen molar-refractivity contribution >= 4 is 63.0 Å². The number of nitrogens with zero attached hydrogens (tertiary/aromatic N) is 3. The summed E-state index contributed by atoms with van der Waals surface area (Å²) in [5.41, 5.74) is 1.78. The zero-order valence-electron chi connectivity index (χ0n) is 15.6. The van der Waals surface area contributed by atoms with Crippen LogP contribution in [-0.2, 0) is 4.79 Å². The quantitative estimate of drug-likeness (QED) is 0.615. The molecule has 1 fully saturated rings. The van der Waals surface area contributed by atoms with Gasteiger partial charge in [0.15, 0.2) is 0 Å². The van der Waals surface area contributed by atoms with Crippen LogP contribution in [0, 0.1) is 5.82 Å². The highest BCUT2D eigenvalue weighted by Gasteiger charge is 2.33. The average Bonchev–Trinajstić information content (AvgIpc) is 3.43. The molecule has 0 bridgehead atoms. The minimum absolute atomic E-state index is 0.0791. The van der Waals surface area contributed by atoms with Gasteiger partial charge >= 0.3 is 0 Å². The number of rotatable bonds is 4. The van der Waals surface area contributed by atoms with Crippen LogP contribution in [-0.4, -0.2) is 56.2 Å². The molecule has 4 nitrogen and oxygen atoms in total. The van der Waals surface area contributed by atoms with Crippen LogP contribution in [0.3, 0.4) is 0 Å². The van der Waals surface area contributed by atoms with Gasteiger partial charge in [-0.3, -0.25) is 4.79 Å². The van der Waals surface area contributed by atoms with Crippen molar-refractivity contribution in [3.63, 3.8) is 0 Å². The Morgan fingerprint density at radius 3 is 2.69 bits per heavy atom. The lowest BCUT2D eigenvalue weighted by Gasteiger charge is -2.28. The van der Waals surface area contributed by atoms with Crippen molar-refractivity contribution in [2.24, 2.45) is 5.10 Å². The zero-order chi connectivity index (χ0) is 20.2. The van der Waals surface area contributed by atoms with Crippen LogP contribution < -0.4 is 0 Å². The smallest absolute Gasteiger partial charge is 0.253 e. The molecule has 1 atom stereocenters. The highest BCUT2D eigenvalue weighted by Crippen LogP contribution is 2.34. The Hall–Kier alpha value is -1.42. The van der Waals surface area contributed by atoms with E-state index in [1.807, 2.05) is 29.3 Å². The standard InChI is InChI=1S/C20H20FN3OS4/c21-15-5-3-14(4-6-15)17-12-16(18-2-1-9-28-18)22-24(17)19(25)13-29-20(26)23-7-10-27-11-8-23/h1-6,9,17H,7-8,10-13H2/t17-/m1/s1. The molecule has 0 unspecified atom stereocenters. The molecule has 4 rings (SSSR count). The molecule has 1 saturated heterocycles. The van der Waals surface area contributed by atoms with Crippen molar-refractivity contribution in [2.45, 2.75) is 12.5 Å². The van der Waals surface area contributed by atoms with E-state index in [0.29, 0.717) is 6.42 Å². The SMILES string of the molecule is O=C(CSC(=S)N1CCSCC1)N1N=C(c2cccs2)C[C@@H]1c1ccc(F)cc1.